The fraction of sp³-hybridized carbons (Fsp3) is 0.100. The van der Waals surface area contributed by atoms with Gasteiger partial charge in [-0.15, -0.1) is 0 Å². The van der Waals surface area contributed by atoms with Gasteiger partial charge in [0.05, 0.1) is 17.0 Å². The second kappa shape index (κ2) is 4.54. The van der Waals surface area contributed by atoms with Crippen LogP contribution in [0, 0.1) is 23.2 Å². The highest BCUT2D eigenvalue weighted by Crippen LogP contribution is 2.23. The van der Waals surface area contributed by atoms with Crippen LogP contribution in [0.15, 0.2) is 22.7 Å². The Bertz CT molecular complexity index is 409. The van der Waals surface area contributed by atoms with E-state index in [1.165, 1.54) is 0 Å². The molecule has 0 radical (unpaired) electrons. The molecule has 0 atom stereocenters. The average molecular weight is 236 g/mol. The molecule has 0 aliphatic carbocycles. The van der Waals surface area contributed by atoms with Crippen LogP contribution in [-0.2, 0) is 0 Å². The Labute approximate surface area is 84.9 Å². The minimum atomic E-state index is 0.186. The molecule has 0 saturated carbocycles. The van der Waals surface area contributed by atoms with Gasteiger partial charge in [0.15, 0.2) is 0 Å². The minimum absolute atomic E-state index is 0.186. The van der Waals surface area contributed by atoms with Crippen LogP contribution in [0.2, 0.25) is 0 Å². The second-order valence-corrected chi connectivity index (χ2v) is 3.16. The second-order valence-electron chi connectivity index (χ2n) is 2.30. The molecule has 64 valence electrons. The predicted molar refractivity (Wildman–Crippen MR) is 52.9 cm³/mol. The Morgan fingerprint density at radius 3 is 2.85 bits per heavy atom. The van der Waals surface area contributed by atoms with Gasteiger partial charge in [-0.25, -0.2) is 0 Å². The lowest BCUT2D eigenvalue weighted by atomic mass is 10.2. The Balaban J connectivity index is 2.89. The fourth-order valence-corrected chi connectivity index (χ4v) is 1.15. The van der Waals surface area contributed by atoms with Crippen LogP contribution in [0.25, 0.3) is 0 Å². The number of aromatic hydroxyl groups is 1. The highest BCUT2D eigenvalue weighted by atomic mass is 79.9. The van der Waals surface area contributed by atoms with Crippen LogP contribution in [0.5, 0.6) is 5.75 Å². The summed E-state index contributed by atoms with van der Waals surface area (Å²) >= 11 is 3.17. The number of phenols is 1. The predicted octanol–water partition coefficient (Wildman–Crippen LogP) is 2.42. The molecular weight excluding hydrogens is 230 g/mol. The zero-order valence-electron chi connectivity index (χ0n) is 6.71. The van der Waals surface area contributed by atoms with Gasteiger partial charge in [-0.2, -0.15) is 5.26 Å². The molecule has 0 aliphatic rings. The summed E-state index contributed by atoms with van der Waals surface area (Å²) < 4.78 is 0.608. The number of phenolic OH excluding ortho intramolecular Hbond substituents is 1. The van der Waals surface area contributed by atoms with Crippen molar-refractivity contribution in [3.63, 3.8) is 0 Å². The summed E-state index contributed by atoms with van der Waals surface area (Å²) in [7, 11) is 0. The van der Waals surface area contributed by atoms with Gasteiger partial charge in [0.2, 0.25) is 0 Å². The third kappa shape index (κ3) is 2.82. The molecule has 0 amide bonds. The highest BCUT2D eigenvalue weighted by molar-refractivity contribution is 9.10. The van der Waals surface area contributed by atoms with Crippen molar-refractivity contribution in [1.29, 1.82) is 5.26 Å². The zero-order valence-corrected chi connectivity index (χ0v) is 8.30. The Kier molecular flexibility index (Phi) is 3.37. The molecule has 0 spiro atoms. The summed E-state index contributed by atoms with van der Waals surface area (Å²) in [4.78, 5) is 0. The largest absolute Gasteiger partial charge is 0.507 e. The number of hydrogen-bond donors (Lipinski definition) is 1. The molecular formula is C10H6BrNO. The van der Waals surface area contributed by atoms with Gasteiger partial charge in [-0.3, -0.25) is 0 Å². The maximum atomic E-state index is 9.17. The van der Waals surface area contributed by atoms with Gasteiger partial charge in [-0.1, -0.05) is 11.8 Å². The van der Waals surface area contributed by atoms with Crippen molar-refractivity contribution in [2.75, 3.05) is 0 Å². The summed E-state index contributed by atoms with van der Waals surface area (Å²) in [6.45, 7) is 0. The molecule has 0 unspecified atom stereocenters. The van der Waals surface area contributed by atoms with Crippen molar-refractivity contribution < 1.29 is 5.11 Å². The van der Waals surface area contributed by atoms with Gasteiger partial charge >= 0.3 is 0 Å². The van der Waals surface area contributed by atoms with Crippen LogP contribution < -0.4 is 0 Å². The SMILES string of the molecule is N#CCC#Cc1ccc(O)c(Br)c1. The van der Waals surface area contributed by atoms with Gasteiger partial charge < -0.3 is 5.11 Å². The van der Waals surface area contributed by atoms with Crippen molar-refractivity contribution in [3.8, 4) is 23.7 Å². The van der Waals surface area contributed by atoms with E-state index in [4.69, 9.17) is 10.4 Å². The van der Waals surface area contributed by atoms with E-state index in [-0.39, 0.29) is 12.2 Å². The van der Waals surface area contributed by atoms with Crippen LogP contribution in [0.3, 0.4) is 0 Å². The molecule has 1 aromatic rings. The van der Waals surface area contributed by atoms with Gasteiger partial charge in [-0.05, 0) is 34.1 Å². The molecule has 0 fully saturated rings. The Hall–Kier alpha value is -1.45. The van der Waals surface area contributed by atoms with Crippen molar-refractivity contribution >= 4 is 15.9 Å². The first-order chi connectivity index (χ1) is 6.24. The molecule has 3 heteroatoms. The summed E-state index contributed by atoms with van der Waals surface area (Å²) in [5, 5.41) is 17.4. The lowest BCUT2D eigenvalue weighted by Gasteiger charge is -1.95. The molecule has 1 aromatic carbocycles. The number of benzene rings is 1. The maximum Gasteiger partial charge on any atom is 0.129 e. The number of nitriles is 1. The highest BCUT2D eigenvalue weighted by Gasteiger charge is 1.95. The van der Waals surface area contributed by atoms with Gasteiger partial charge in [0, 0.05) is 5.56 Å². The first kappa shape index (κ1) is 9.64. The van der Waals surface area contributed by atoms with Crippen molar-refractivity contribution in [2.45, 2.75) is 6.42 Å². The Morgan fingerprint density at radius 2 is 2.23 bits per heavy atom. The quantitative estimate of drug-likeness (QED) is 0.703. The standard InChI is InChI=1S/C10H6BrNO/c11-9-7-8(3-1-2-6-12)4-5-10(9)13/h4-5,7,13H,2H2. The average Bonchev–Trinajstić information content (AvgIpc) is 2.12. The molecule has 1 N–H and O–H groups in total. The summed E-state index contributed by atoms with van der Waals surface area (Å²) in [5.41, 5.74) is 0.778. The molecule has 0 bridgehead atoms. The third-order valence-electron chi connectivity index (χ3n) is 1.35. The van der Waals surface area contributed by atoms with E-state index in [0.29, 0.717) is 4.47 Å². The minimum Gasteiger partial charge on any atom is -0.507 e. The maximum absolute atomic E-state index is 9.17. The first-order valence-electron chi connectivity index (χ1n) is 3.58. The number of rotatable bonds is 0. The normalized spacial score (nSPS) is 8.31. The van der Waals surface area contributed by atoms with E-state index in [1.807, 2.05) is 6.07 Å². The summed E-state index contributed by atoms with van der Waals surface area (Å²) in [6.07, 6.45) is 0.221. The molecule has 0 aromatic heterocycles. The van der Waals surface area contributed by atoms with E-state index in [2.05, 4.69) is 27.8 Å². The Morgan fingerprint density at radius 1 is 1.46 bits per heavy atom. The zero-order chi connectivity index (χ0) is 9.68. The smallest absolute Gasteiger partial charge is 0.129 e. The van der Waals surface area contributed by atoms with E-state index >= 15 is 0 Å². The van der Waals surface area contributed by atoms with Crippen molar-refractivity contribution in [2.24, 2.45) is 0 Å². The van der Waals surface area contributed by atoms with E-state index < -0.39 is 0 Å². The first-order valence-corrected chi connectivity index (χ1v) is 4.37. The lowest BCUT2D eigenvalue weighted by Crippen LogP contribution is -1.74. The number of halogens is 1. The molecule has 0 heterocycles. The molecule has 0 saturated heterocycles. The van der Waals surface area contributed by atoms with Crippen LogP contribution >= 0.6 is 15.9 Å². The number of nitrogens with zero attached hydrogens (tertiary/aromatic N) is 1. The van der Waals surface area contributed by atoms with E-state index in [1.54, 1.807) is 18.2 Å². The lowest BCUT2D eigenvalue weighted by molar-refractivity contribution is 0.472. The van der Waals surface area contributed by atoms with Crippen LogP contribution in [0.4, 0.5) is 0 Å². The van der Waals surface area contributed by atoms with Crippen molar-refractivity contribution in [3.05, 3.63) is 28.2 Å². The third-order valence-corrected chi connectivity index (χ3v) is 1.98. The molecule has 1 rings (SSSR count). The summed E-state index contributed by atoms with van der Waals surface area (Å²) in [5.74, 6) is 5.67. The number of hydrogen-bond acceptors (Lipinski definition) is 2. The summed E-state index contributed by atoms with van der Waals surface area (Å²) in [6, 6.07) is 6.89. The molecule has 0 aliphatic heterocycles. The van der Waals surface area contributed by atoms with Gasteiger partial charge in [0.1, 0.15) is 5.75 Å². The topological polar surface area (TPSA) is 44.0 Å². The van der Waals surface area contributed by atoms with Gasteiger partial charge in [0.25, 0.3) is 0 Å². The fourth-order valence-electron chi connectivity index (χ4n) is 0.770. The van der Waals surface area contributed by atoms with E-state index in [0.717, 1.165) is 5.56 Å². The van der Waals surface area contributed by atoms with Crippen molar-refractivity contribution in [1.82, 2.24) is 0 Å². The molecule has 13 heavy (non-hydrogen) atoms. The van der Waals surface area contributed by atoms with Crippen LogP contribution in [-0.4, -0.2) is 5.11 Å². The van der Waals surface area contributed by atoms with Crippen LogP contribution in [0.1, 0.15) is 12.0 Å². The molecule has 2 nitrogen and oxygen atoms in total. The monoisotopic (exact) mass is 235 g/mol. The van der Waals surface area contributed by atoms with E-state index in [9.17, 15) is 0 Å².